The molecule has 0 atom stereocenters. The van der Waals surface area contributed by atoms with E-state index in [9.17, 15) is 20.0 Å². The zero-order valence-electron chi connectivity index (χ0n) is 8.51. The quantitative estimate of drug-likeness (QED) is 0.116. The van der Waals surface area contributed by atoms with E-state index in [0.29, 0.717) is 19.3 Å². The molecule has 0 unspecified atom stereocenters. The van der Waals surface area contributed by atoms with E-state index in [1.165, 1.54) is 0 Å². The van der Waals surface area contributed by atoms with Crippen LogP contribution in [-0.4, -0.2) is 28.4 Å². The minimum atomic E-state index is -1.51. The van der Waals surface area contributed by atoms with E-state index in [2.05, 4.69) is 5.16 Å². The number of nitro groups is 1. The second-order valence-electron chi connectivity index (χ2n) is 2.70. The third kappa shape index (κ3) is 9.25. The summed E-state index contributed by atoms with van der Waals surface area (Å²) in [6, 6.07) is 0. The van der Waals surface area contributed by atoms with Crippen LogP contribution >= 0.6 is 0 Å². The van der Waals surface area contributed by atoms with Crippen LogP contribution in [0.3, 0.4) is 0 Å². The Morgan fingerprint density at radius 1 is 1.33 bits per heavy atom. The zero-order valence-corrected chi connectivity index (χ0v) is 8.51. The van der Waals surface area contributed by atoms with Crippen LogP contribution in [0.2, 0.25) is 0 Å². The van der Waals surface area contributed by atoms with Gasteiger partial charge in [-0.15, -0.1) is 0 Å². The van der Waals surface area contributed by atoms with E-state index in [-0.39, 0.29) is 31.8 Å². The standard InChI is InChI=1S/C7H12N2O5.Li/c10-7(11)6(8-12)4-2-1-3-5-9(13)14;/h12H,1-5H2,(H,10,11);/q;+1/p-1/b8-6-;. The maximum Gasteiger partial charge on any atom is 1.00 e. The van der Waals surface area contributed by atoms with E-state index >= 15 is 0 Å². The van der Waals surface area contributed by atoms with Crippen molar-refractivity contribution in [3.8, 4) is 0 Å². The molecule has 0 saturated carbocycles. The van der Waals surface area contributed by atoms with Gasteiger partial charge in [-0.25, -0.2) is 0 Å². The molecule has 0 fully saturated rings. The number of hydrogen-bond acceptors (Lipinski definition) is 6. The van der Waals surface area contributed by atoms with Crippen LogP contribution in [0.1, 0.15) is 25.7 Å². The fourth-order valence-electron chi connectivity index (χ4n) is 0.903. The summed E-state index contributed by atoms with van der Waals surface area (Å²) < 4.78 is 0. The molecule has 0 heterocycles. The first-order chi connectivity index (χ1) is 6.57. The average Bonchev–Trinajstić information content (AvgIpc) is 2.10. The van der Waals surface area contributed by atoms with Gasteiger partial charge in [0.05, 0.1) is 5.97 Å². The summed E-state index contributed by atoms with van der Waals surface area (Å²) in [5.41, 5.74) is -0.425. The number of unbranched alkanes of at least 4 members (excludes halogenated alkanes) is 2. The number of rotatable bonds is 7. The number of carboxylic acid groups (broad SMARTS) is 1. The Bertz CT molecular complexity index is 244. The van der Waals surface area contributed by atoms with Crippen LogP contribution in [0, 0.1) is 10.1 Å². The summed E-state index contributed by atoms with van der Waals surface area (Å²) in [7, 11) is 0. The molecule has 15 heavy (non-hydrogen) atoms. The van der Waals surface area contributed by atoms with Gasteiger partial charge in [0.2, 0.25) is 6.54 Å². The summed E-state index contributed by atoms with van der Waals surface area (Å²) in [5.74, 6) is -1.51. The number of carboxylic acids is 1. The molecule has 80 valence electrons. The number of oxime groups is 1. The molecule has 0 aliphatic carbocycles. The van der Waals surface area contributed by atoms with Gasteiger partial charge in [0, 0.05) is 11.3 Å². The van der Waals surface area contributed by atoms with Gasteiger partial charge in [-0.1, -0.05) is 5.16 Å². The predicted molar refractivity (Wildman–Crippen MR) is 44.6 cm³/mol. The number of nitrogens with zero attached hydrogens (tertiary/aromatic N) is 2. The van der Waals surface area contributed by atoms with Crippen LogP contribution in [0.5, 0.6) is 0 Å². The second-order valence-corrected chi connectivity index (χ2v) is 2.70. The SMILES string of the molecule is O=C([O-])/C(CCCCC[N+](=O)[O-])=N\O.[Li+]. The monoisotopic (exact) mass is 210 g/mol. The molecule has 0 aromatic rings. The van der Waals surface area contributed by atoms with Crippen molar-refractivity contribution in [1.82, 2.24) is 0 Å². The van der Waals surface area contributed by atoms with Gasteiger partial charge in [0.15, 0.2) is 0 Å². The van der Waals surface area contributed by atoms with Crippen LogP contribution < -0.4 is 24.0 Å². The molecule has 0 aromatic carbocycles. The average molecular weight is 210 g/mol. The normalized spacial score (nSPS) is 10.5. The van der Waals surface area contributed by atoms with Crippen molar-refractivity contribution in [3.63, 3.8) is 0 Å². The number of hydrogen-bond donors (Lipinski definition) is 1. The van der Waals surface area contributed by atoms with Crippen molar-refractivity contribution >= 4 is 11.7 Å². The number of carbonyl (C=O) groups is 1. The maximum absolute atomic E-state index is 10.2. The van der Waals surface area contributed by atoms with Gasteiger partial charge in [-0.05, 0) is 19.3 Å². The van der Waals surface area contributed by atoms with Gasteiger partial charge in [-0.2, -0.15) is 0 Å². The van der Waals surface area contributed by atoms with Crippen molar-refractivity contribution < 1.29 is 38.9 Å². The predicted octanol–water partition coefficient (Wildman–Crippen LogP) is -3.59. The fourth-order valence-corrected chi connectivity index (χ4v) is 0.903. The van der Waals surface area contributed by atoms with Crippen molar-refractivity contribution in [1.29, 1.82) is 0 Å². The molecule has 0 bridgehead atoms. The summed E-state index contributed by atoms with van der Waals surface area (Å²) >= 11 is 0. The fraction of sp³-hybridized carbons (Fsp3) is 0.714. The van der Waals surface area contributed by atoms with E-state index < -0.39 is 16.6 Å². The minimum Gasteiger partial charge on any atom is -0.543 e. The molecule has 0 radical (unpaired) electrons. The third-order valence-electron chi connectivity index (χ3n) is 1.61. The molecule has 0 spiro atoms. The van der Waals surface area contributed by atoms with Crippen LogP contribution in [0.4, 0.5) is 0 Å². The van der Waals surface area contributed by atoms with Crippen molar-refractivity contribution in [3.05, 3.63) is 10.1 Å². The molecule has 7 nitrogen and oxygen atoms in total. The first kappa shape index (κ1) is 16.4. The topological polar surface area (TPSA) is 116 Å². The maximum atomic E-state index is 10.2. The van der Waals surface area contributed by atoms with Crippen LogP contribution in [0.25, 0.3) is 0 Å². The zero-order chi connectivity index (χ0) is 11.0. The molecule has 8 heteroatoms. The van der Waals surface area contributed by atoms with E-state index in [0.717, 1.165) is 0 Å². The Labute approximate surface area is 98.5 Å². The Kier molecular flexibility index (Phi) is 10.4. The molecule has 0 amide bonds. The summed E-state index contributed by atoms with van der Waals surface area (Å²) in [6.07, 6.45) is 1.41. The molecule has 0 aliphatic heterocycles. The first-order valence-electron chi connectivity index (χ1n) is 4.12. The Morgan fingerprint density at radius 3 is 2.33 bits per heavy atom. The van der Waals surface area contributed by atoms with Crippen molar-refractivity contribution in [2.45, 2.75) is 25.7 Å². The van der Waals surface area contributed by atoms with E-state index in [1.807, 2.05) is 0 Å². The molecule has 0 saturated heterocycles. The summed E-state index contributed by atoms with van der Waals surface area (Å²) in [4.78, 5) is 19.7. The molecular weight excluding hydrogens is 199 g/mol. The largest absolute Gasteiger partial charge is 1.00 e. The van der Waals surface area contributed by atoms with Gasteiger partial charge in [0.25, 0.3) is 0 Å². The Balaban J connectivity index is 0. The van der Waals surface area contributed by atoms with E-state index in [1.54, 1.807) is 0 Å². The minimum absolute atomic E-state index is 0. The van der Waals surface area contributed by atoms with Gasteiger partial charge in [-0.3, -0.25) is 10.1 Å². The Hall–Kier alpha value is -1.06. The smallest absolute Gasteiger partial charge is 0.543 e. The number of aliphatic carboxylic acids is 1. The summed E-state index contributed by atoms with van der Waals surface area (Å²) in [6.45, 7) is -0.128. The van der Waals surface area contributed by atoms with Crippen LogP contribution in [-0.2, 0) is 4.79 Å². The number of carbonyl (C=O) groups excluding carboxylic acids is 1. The van der Waals surface area contributed by atoms with E-state index in [4.69, 9.17) is 5.21 Å². The molecule has 0 rings (SSSR count). The van der Waals surface area contributed by atoms with Gasteiger partial charge >= 0.3 is 18.9 Å². The van der Waals surface area contributed by atoms with Gasteiger partial charge in [0.1, 0.15) is 5.71 Å². The Morgan fingerprint density at radius 2 is 1.93 bits per heavy atom. The molecule has 1 N–H and O–H groups in total. The van der Waals surface area contributed by atoms with Crippen LogP contribution in [0.15, 0.2) is 5.16 Å². The molecular formula is C7H11LiN2O5. The molecule has 0 aromatic heterocycles. The van der Waals surface area contributed by atoms with Gasteiger partial charge < -0.3 is 15.1 Å². The first-order valence-corrected chi connectivity index (χ1v) is 4.12. The third-order valence-corrected chi connectivity index (χ3v) is 1.61. The summed E-state index contributed by atoms with van der Waals surface area (Å²) in [5, 5.41) is 30.8. The van der Waals surface area contributed by atoms with Crippen molar-refractivity contribution in [2.24, 2.45) is 5.16 Å². The second kappa shape index (κ2) is 9.49. The molecule has 0 aliphatic rings. The van der Waals surface area contributed by atoms with Crippen molar-refractivity contribution in [2.75, 3.05) is 6.54 Å².